The zero-order chi connectivity index (χ0) is 65.2. The van der Waals surface area contributed by atoms with Crippen molar-refractivity contribution < 1.29 is 0 Å². The van der Waals surface area contributed by atoms with Gasteiger partial charge in [0.2, 0.25) is 0 Å². The van der Waals surface area contributed by atoms with Gasteiger partial charge in [-0.25, -0.2) is 9.97 Å². The molecule has 0 saturated carbocycles. The summed E-state index contributed by atoms with van der Waals surface area (Å²) in [7, 11) is 0. The van der Waals surface area contributed by atoms with Gasteiger partial charge in [-0.2, -0.15) is 0 Å². The molecule has 6 heteroatoms. The fourth-order valence-electron chi connectivity index (χ4n) is 13.8. The first-order valence-electron chi connectivity index (χ1n) is 33.2. The molecule has 464 valence electrons. The van der Waals surface area contributed by atoms with Crippen LogP contribution in [0.5, 0.6) is 0 Å². The summed E-state index contributed by atoms with van der Waals surface area (Å²) in [4.78, 5) is 20.4. The Kier molecular flexibility index (Phi) is 15.3. The zero-order valence-electron chi connectivity index (χ0n) is 55.7. The third-order valence-electron chi connectivity index (χ3n) is 18.9. The topological polar surface area (TPSA) is 38.7 Å². The van der Waals surface area contributed by atoms with Crippen molar-refractivity contribution in [1.82, 2.24) is 9.97 Å². The van der Waals surface area contributed by atoms with E-state index >= 15 is 0 Å². The number of fused-ring (bicyclic) bond motifs is 6. The van der Waals surface area contributed by atoms with Gasteiger partial charge < -0.3 is 14.7 Å². The van der Waals surface area contributed by atoms with E-state index in [0.717, 1.165) is 102 Å². The molecule has 13 aromatic rings. The fourth-order valence-corrected chi connectivity index (χ4v) is 13.8. The Labute approximate surface area is 560 Å². The summed E-state index contributed by atoms with van der Waals surface area (Å²) >= 11 is 0. The van der Waals surface area contributed by atoms with E-state index in [1.54, 1.807) is 0 Å². The van der Waals surface area contributed by atoms with Gasteiger partial charge in [0, 0.05) is 57.4 Å². The molecule has 0 amide bonds. The first kappa shape index (κ1) is 60.2. The molecule has 0 radical (unpaired) electrons. The molecule has 11 aromatic carbocycles. The molecule has 0 bridgehead atoms. The molecule has 0 N–H and O–H groups in total. The van der Waals surface area contributed by atoms with Gasteiger partial charge in [-0.1, -0.05) is 263 Å². The molecule has 0 atom stereocenters. The number of hydrogen-bond acceptors (Lipinski definition) is 6. The Balaban J connectivity index is 0.949. The van der Waals surface area contributed by atoms with Gasteiger partial charge in [0.25, 0.3) is 0 Å². The molecule has 4 heterocycles. The summed E-state index contributed by atoms with van der Waals surface area (Å²) in [6.07, 6.45) is 3.92. The van der Waals surface area contributed by atoms with Gasteiger partial charge >= 0.3 is 0 Å². The average Bonchev–Trinajstić information content (AvgIpc) is 1.66. The SMILES string of the molecule is CC(C)(C)c1cc(-c2ccccc2)cc(-c2cccc(-c3cc(-c4ccccc4)cc(C(C)(C)C)c3)c2N2CN(c3cc(-c4ccccc4)cc(N(c4ccccc4)c4ccc5c(c4)N(c4cc(C(C)(C)C)ccn4)c4ccccc4-c4ccccc4-5)c3)c3ncccc32)c1. The predicted octanol–water partition coefficient (Wildman–Crippen LogP) is 24.5. The van der Waals surface area contributed by atoms with Gasteiger partial charge in [0.15, 0.2) is 5.82 Å². The summed E-state index contributed by atoms with van der Waals surface area (Å²) in [5, 5.41) is 0. The lowest BCUT2D eigenvalue weighted by Crippen LogP contribution is -2.25. The van der Waals surface area contributed by atoms with Crippen molar-refractivity contribution in [2.75, 3.05) is 26.3 Å². The molecule has 0 unspecified atom stereocenters. The normalized spacial score (nSPS) is 12.8. The first-order chi connectivity index (χ1) is 46.0. The zero-order valence-corrected chi connectivity index (χ0v) is 55.7. The molecule has 0 spiro atoms. The third-order valence-corrected chi connectivity index (χ3v) is 18.9. The second-order valence-electron chi connectivity index (χ2n) is 28.4. The number of nitrogens with zero attached hydrogens (tertiary/aromatic N) is 6. The molecule has 6 nitrogen and oxygen atoms in total. The number of hydrogen-bond donors (Lipinski definition) is 0. The molecule has 0 saturated heterocycles. The molecular formula is C89H78N6. The van der Waals surface area contributed by atoms with Crippen molar-refractivity contribution in [2.45, 2.75) is 78.6 Å². The largest absolute Gasteiger partial charge is 0.318 e. The predicted molar refractivity (Wildman–Crippen MR) is 401 cm³/mol. The van der Waals surface area contributed by atoms with Crippen LogP contribution in [0.4, 0.5) is 57.1 Å². The first-order valence-corrected chi connectivity index (χ1v) is 33.2. The minimum absolute atomic E-state index is 0.106. The summed E-state index contributed by atoms with van der Waals surface area (Å²) in [5.41, 5.74) is 27.8. The van der Waals surface area contributed by atoms with Crippen LogP contribution in [0.15, 0.2) is 298 Å². The Morgan fingerprint density at radius 1 is 0.295 bits per heavy atom. The van der Waals surface area contributed by atoms with Crippen LogP contribution < -0.4 is 19.6 Å². The quantitative estimate of drug-likeness (QED) is 0.129. The van der Waals surface area contributed by atoms with E-state index in [1.807, 2.05) is 12.4 Å². The van der Waals surface area contributed by atoms with Crippen LogP contribution in [0, 0.1) is 0 Å². The maximum absolute atomic E-state index is 5.40. The van der Waals surface area contributed by atoms with E-state index in [9.17, 15) is 0 Å². The number of para-hydroxylation sites is 3. The van der Waals surface area contributed by atoms with Crippen LogP contribution in [0.1, 0.15) is 79.0 Å². The molecule has 15 rings (SSSR count). The highest BCUT2D eigenvalue weighted by molar-refractivity contribution is 6.04. The lowest BCUT2D eigenvalue weighted by atomic mass is 9.81. The standard InChI is InChI=1S/C89H78N6/c1-87(2,3)68-45-47-90-84(56-68)95-81-41-25-24-38-79(81)77-36-22-23-37-78(77)80-44-43-72(58-83(80)95)94(71-34-20-13-21-35-71)74-55-65(62-32-18-12-19-33-62)54-73(57-74)92-59-93(82-42-27-46-91-86(82)92)85-75(66-48-63(60-28-14-10-15-29-60)50-69(52-66)88(4,5)6)39-26-40-76(85)67-49-64(61-30-16-11-17-31-61)51-70(53-67)89(7,8)9/h10-58H,59H2,1-9H3. The smallest absolute Gasteiger partial charge is 0.158 e. The van der Waals surface area contributed by atoms with Gasteiger partial charge in [-0.05, 0) is 173 Å². The molecule has 0 fully saturated rings. The highest BCUT2D eigenvalue weighted by atomic mass is 15.4. The van der Waals surface area contributed by atoms with Crippen molar-refractivity contribution in [3.8, 4) is 77.9 Å². The molecule has 95 heavy (non-hydrogen) atoms. The number of pyridine rings is 2. The second-order valence-corrected chi connectivity index (χ2v) is 28.4. The van der Waals surface area contributed by atoms with Crippen molar-refractivity contribution in [3.63, 3.8) is 0 Å². The third kappa shape index (κ3) is 11.5. The number of rotatable bonds is 11. The molecule has 0 aliphatic carbocycles. The van der Waals surface area contributed by atoms with E-state index in [0.29, 0.717) is 6.67 Å². The summed E-state index contributed by atoms with van der Waals surface area (Å²) < 4.78 is 0. The summed E-state index contributed by atoms with van der Waals surface area (Å²) in [6.45, 7) is 21.2. The Morgan fingerprint density at radius 2 is 0.779 bits per heavy atom. The molecule has 2 aliphatic heterocycles. The maximum atomic E-state index is 5.40. The van der Waals surface area contributed by atoms with Gasteiger partial charge in [-0.3, -0.25) is 4.90 Å². The van der Waals surface area contributed by atoms with Crippen LogP contribution in [0.25, 0.3) is 77.9 Å². The van der Waals surface area contributed by atoms with Crippen LogP contribution in [0.2, 0.25) is 0 Å². The van der Waals surface area contributed by atoms with E-state index < -0.39 is 0 Å². The van der Waals surface area contributed by atoms with Crippen LogP contribution in [0.3, 0.4) is 0 Å². The van der Waals surface area contributed by atoms with Crippen molar-refractivity contribution in [1.29, 1.82) is 0 Å². The van der Waals surface area contributed by atoms with Gasteiger partial charge in [0.05, 0.1) is 22.7 Å². The van der Waals surface area contributed by atoms with Crippen molar-refractivity contribution >= 4 is 57.1 Å². The summed E-state index contributed by atoms with van der Waals surface area (Å²) in [5.74, 6) is 1.74. The van der Waals surface area contributed by atoms with E-state index in [2.05, 4.69) is 367 Å². The second kappa shape index (κ2) is 24.1. The highest BCUT2D eigenvalue weighted by Crippen LogP contribution is 2.55. The van der Waals surface area contributed by atoms with E-state index in [4.69, 9.17) is 9.97 Å². The number of anilines is 10. The van der Waals surface area contributed by atoms with E-state index in [1.165, 1.54) is 50.1 Å². The monoisotopic (exact) mass is 1230 g/mol. The Hall–Kier alpha value is -11.1. The van der Waals surface area contributed by atoms with Crippen LogP contribution in [-0.2, 0) is 16.2 Å². The minimum Gasteiger partial charge on any atom is -0.318 e. The van der Waals surface area contributed by atoms with Crippen LogP contribution in [-0.4, -0.2) is 16.6 Å². The minimum atomic E-state index is -0.136. The fraction of sp³-hybridized carbons (Fsp3) is 0.146. The van der Waals surface area contributed by atoms with Crippen molar-refractivity contribution in [2.24, 2.45) is 0 Å². The van der Waals surface area contributed by atoms with Gasteiger partial charge in [-0.15, -0.1) is 0 Å². The lowest BCUT2D eigenvalue weighted by molar-refractivity contribution is 0.589. The van der Waals surface area contributed by atoms with E-state index in [-0.39, 0.29) is 16.2 Å². The number of aromatic nitrogens is 2. The van der Waals surface area contributed by atoms with Gasteiger partial charge in [0.1, 0.15) is 12.5 Å². The van der Waals surface area contributed by atoms with Crippen LogP contribution >= 0.6 is 0 Å². The molecular weight excluding hydrogens is 1150 g/mol. The summed E-state index contributed by atoms with van der Waals surface area (Å²) in [6, 6.07) is 105. The maximum Gasteiger partial charge on any atom is 0.158 e. The van der Waals surface area contributed by atoms with Crippen molar-refractivity contribution in [3.05, 3.63) is 314 Å². The Bertz CT molecular complexity index is 4880. The molecule has 2 aliphatic rings. The highest BCUT2D eigenvalue weighted by Gasteiger charge is 2.35. The number of benzene rings is 11. The Morgan fingerprint density at radius 3 is 1.35 bits per heavy atom. The lowest BCUT2D eigenvalue weighted by Gasteiger charge is -2.32. The molecule has 2 aromatic heterocycles. The average molecular weight is 1230 g/mol.